The van der Waals surface area contributed by atoms with Gasteiger partial charge in [-0.2, -0.15) is 4.98 Å². The highest BCUT2D eigenvalue weighted by atomic mass is 16.5. The number of aryl methyl sites for hydroxylation is 1. The molecule has 3 heterocycles. The first kappa shape index (κ1) is 21.3. The van der Waals surface area contributed by atoms with Gasteiger partial charge in [0.2, 0.25) is 11.7 Å². The Hall–Kier alpha value is -4.54. The van der Waals surface area contributed by atoms with Gasteiger partial charge >= 0.3 is 0 Å². The fourth-order valence-corrected chi connectivity index (χ4v) is 3.61. The third-order valence-corrected chi connectivity index (χ3v) is 5.29. The van der Waals surface area contributed by atoms with E-state index in [2.05, 4.69) is 31.5 Å². The summed E-state index contributed by atoms with van der Waals surface area (Å²) in [6, 6.07) is 13.3. The van der Waals surface area contributed by atoms with Crippen LogP contribution in [0.4, 0.5) is 0 Å². The van der Waals surface area contributed by atoms with E-state index in [0.29, 0.717) is 35.1 Å². The molecule has 0 N–H and O–H groups in total. The number of fused-ring (bicyclic) bond motifs is 1. The summed E-state index contributed by atoms with van der Waals surface area (Å²) in [5, 5.41) is 12.2. The molecular formula is C23H21N7O4. The SMILES string of the molecule is COc1cc(OC)cc(-c2noc(Cn3cnc4c(nnn4Cc4cccc(C)c4)c3=O)n2)c1. The molecule has 0 saturated heterocycles. The van der Waals surface area contributed by atoms with Crippen molar-refractivity contribution in [2.24, 2.45) is 0 Å². The van der Waals surface area contributed by atoms with Crippen molar-refractivity contribution in [2.75, 3.05) is 14.2 Å². The van der Waals surface area contributed by atoms with Crippen molar-refractivity contribution in [3.63, 3.8) is 0 Å². The van der Waals surface area contributed by atoms with Crippen LogP contribution in [0.2, 0.25) is 0 Å². The number of benzene rings is 2. The Kier molecular flexibility index (Phi) is 5.50. The van der Waals surface area contributed by atoms with E-state index in [-0.39, 0.29) is 23.5 Å². The summed E-state index contributed by atoms with van der Waals surface area (Å²) in [6.07, 6.45) is 1.43. The Morgan fingerprint density at radius 2 is 1.82 bits per heavy atom. The van der Waals surface area contributed by atoms with Gasteiger partial charge in [0.25, 0.3) is 5.56 Å². The minimum Gasteiger partial charge on any atom is -0.497 e. The van der Waals surface area contributed by atoms with Crippen molar-refractivity contribution in [2.45, 2.75) is 20.0 Å². The van der Waals surface area contributed by atoms with Gasteiger partial charge in [-0.3, -0.25) is 9.36 Å². The van der Waals surface area contributed by atoms with E-state index < -0.39 is 0 Å². The van der Waals surface area contributed by atoms with Crippen molar-refractivity contribution in [1.82, 2.24) is 34.7 Å². The predicted molar refractivity (Wildman–Crippen MR) is 122 cm³/mol. The molecule has 0 radical (unpaired) electrons. The second-order valence-electron chi connectivity index (χ2n) is 7.70. The van der Waals surface area contributed by atoms with E-state index >= 15 is 0 Å². The average Bonchev–Trinajstić information content (AvgIpc) is 3.48. The molecule has 11 nitrogen and oxygen atoms in total. The van der Waals surface area contributed by atoms with Gasteiger partial charge in [0.15, 0.2) is 11.2 Å². The molecule has 0 unspecified atom stereocenters. The first-order valence-corrected chi connectivity index (χ1v) is 10.4. The molecule has 0 bridgehead atoms. The largest absolute Gasteiger partial charge is 0.497 e. The van der Waals surface area contributed by atoms with Crippen LogP contribution in [0.15, 0.2) is 58.1 Å². The highest BCUT2D eigenvalue weighted by molar-refractivity contribution is 5.67. The molecule has 3 aromatic heterocycles. The molecule has 0 atom stereocenters. The van der Waals surface area contributed by atoms with Crippen molar-refractivity contribution >= 4 is 11.2 Å². The first-order valence-electron chi connectivity index (χ1n) is 10.4. The molecule has 5 aromatic rings. The average molecular weight is 459 g/mol. The van der Waals surface area contributed by atoms with Gasteiger partial charge in [-0.05, 0) is 24.6 Å². The first-order chi connectivity index (χ1) is 16.5. The maximum absolute atomic E-state index is 13.0. The van der Waals surface area contributed by atoms with Crippen LogP contribution >= 0.6 is 0 Å². The zero-order chi connectivity index (χ0) is 23.7. The minimum atomic E-state index is -0.344. The number of ether oxygens (including phenoxy) is 2. The van der Waals surface area contributed by atoms with Gasteiger partial charge in [0, 0.05) is 11.6 Å². The molecule has 0 fully saturated rings. The van der Waals surface area contributed by atoms with E-state index in [4.69, 9.17) is 14.0 Å². The third-order valence-electron chi connectivity index (χ3n) is 5.29. The zero-order valence-electron chi connectivity index (χ0n) is 18.8. The summed E-state index contributed by atoms with van der Waals surface area (Å²) in [6.45, 7) is 2.53. The Morgan fingerprint density at radius 3 is 2.56 bits per heavy atom. The Bertz CT molecular complexity index is 1510. The topological polar surface area (TPSA) is 123 Å². The van der Waals surface area contributed by atoms with Crippen molar-refractivity contribution < 1.29 is 14.0 Å². The van der Waals surface area contributed by atoms with Crippen molar-refractivity contribution in [3.8, 4) is 22.9 Å². The van der Waals surface area contributed by atoms with Crippen LogP contribution in [0.5, 0.6) is 11.5 Å². The van der Waals surface area contributed by atoms with Crippen LogP contribution in [0.1, 0.15) is 17.0 Å². The molecule has 5 rings (SSSR count). The molecule has 0 aliphatic rings. The van der Waals surface area contributed by atoms with Crippen LogP contribution < -0.4 is 15.0 Å². The van der Waals surface area contributed by atoms with E-state index in [0.717, 1.165) is 11.1 Å². The monoisotopic (exact) mass is 459 g/mol. The van der Waals surface area contributed by atoms with Gasteiger partial charge in [0.05, 0.1) is 20.8 Å². The van der Waals surface area contributed by atoms with Crippen LogP contribution in [0.3, 0.4) is 0 Å². The Morgan fingerprint density at radius 1 is 1.03 bits per heavy atom. The Labute approximate surface area is 193 Å². The molecule has 0 spiro atoms. The van der Waals surface area contributed by atoms with Crippen molar-refractivity contribution in [1.29, 1.82) is 0 Å². The fourth-order valence-electron chi connectivity index (χ4n) is 3.61. The number of aromatic nitrogens is 7. The molecule has 2 aromatic carbocycles. The molecule has 0 amide bonds. The summed E-state index contributed by atoms with van der Waals surface area (Å²) in [4.78, 5) is 21.8. The summed E-state index contributed by atoms with van der Waals surface area (Å²) in [5.74, 6) is 1.78. The van der Waals surface area contributed by atoms with Crippen LogP contribution in [0, 0.1) is 6.92 Å². The smallest absolute Gasteiger partial charge is 0.283 e. The molecule has 11 heteroatoms. The Balaban J connectivity index is 1.41. The van der Waals surface area contributed by atoms with E-state index in [1.165, 1.54) is 10.9 Å². The van der Waals surface area contributed by atoms with Gasteiger partial charge in [0.1, 0.15) is 24.4 Å². The lowest BCUT2D eigenvalue weighted by Gasteiger charge is -2.05. The molecule has 34 heavy (non-hydrogen) atoms. The van der Waals surface area contributed by atoms with E-state index in [9.17, 15) is 4.79 Å². The molecule has 0 saturated carbocycles. The zero-order valence-corrected chi connectivity index (χ0v) is 18.8. The molecule has 0 aliphatic heterocycles. The summed E-state index contributed by atoms with van der Waals surface area (Å²) in [5.41, 5.74) is 3.09. The lowest BCUT2D eigenvalue weighted by atomic mass is 10.1. The lowest BCUT2D eigenvalue weighted by molar-refractivity contribution is 0.369. The quantitative estimate of drug-likeness (QED) is 0.361. The number of rotatable bonds is 7. The maximum atomic E-state index is 13.0. The fraction of sp³-hybridized carbons (Fsp3) is 0.217. The minimum absolute atomic E-state index is 0.0423. The third kappa shape index (κ3) is 4.10. The van der Waals surface area contributed by atoms with Crippen LogP contribution in [-0.4, -0.2) is 48.9 Å². The highest BCUT2D eigenvalue weighted by Gasteiger charge is 2.16. The lowest BCUT2D eigenvalue weighted by Crippen LogP contribution is -2.21. The highest BCUT2D eigenvalue weighted by Crippen LogP contribution is 2.28. The number of methoxy groups -OCH3 is 2. The van der Waals surface area contributed by atoms with Gasteiger partial charge in [-0.25, -0.2) is 9.67 Å². The maximum Gasteiger partial charge on any atom is 0.283 e. The summed E-state index contributed by atoms with van der Waals surface area (Å²) < 4.78 is 18.9. The summed E-state index contributed by atoms with van der Waals surface area (Å²) >= 11 is 0. The van der Waals surface area contributed by atoms with Gasteiger partial charge in [-0.15, -0.1) is 5.10 Å². The molecule has 172 valence electrons. The van der Waals surface area contributed by atoms with E-state index in [1.54, 1.807) is 37.1 Å². The van der Waals surface area contributed by atoms with Gasteiger partial charge < -0.3 is 14.0 Å². The number of hydrogen-bond donors (Lipinski definition) is 0. The number of hydrogen-bond acceptors (Lipinski definition) is 9. The second-order valence-corrected chi connectivity index (χ2v) is 7.70. The molecular weight excluding hydrogens is 438 g/mol. The second kappa shape index (κ2) is 8.77. The van der Waals surface area contributed by atoms with Crippen molar-refractivity contribution in [3.05, 3.63) is 76.2 Å². The molecule has 0 aliphatic carbocycles. The van der Waals surface area contributed by atoms with Gasteiger partial charge in [-0.1, -0.05) is 40.2 Å². The van der Waals surface area contributed by atoms with Crippen LogP contribution in [-0.2, 0) is 13.1 Å². The van der Waals surface area contributed by atoms with Crippen LogP contribution in [0.25, 0.3) is 22.6 Å². The normalized spacial score (nSPS) is 11.1. The summed E-state index contributed by atoms with van der Waals surface area (Å²) in [7, 11) is 3.12. The van der Waals surface area contributed by atoms with E-state index in [1.807, 2.05) is 25.1 Å². The standard InChI is InChI=1S/C23H21N7O4/c1-14-5-4-6-15(7-14)11-30-22-20(26-28-30)23(31)29(13-24-22)12-19-25-21(27-34-19)16-8-17(32-2)10-18(9-16)33-3/h4-10,13H,11-12H2,1-3H3. The number of nitrogens with zero attached hydrogens (tertiary/aromatic N) is 7. The predicted octanol–water partition coefficient (Wildman–Crippen LogP) is 2.46.